The molecule has 0 amide bonds. The van der Waals surface area contributed by atoms with Gasteiger partial charge >= 0.3 is 0 Å². The zero-order valence-corrected chi connectivity index (χ0v) is 12.1. The number of rotatable bonds is 4. The fourth-order valence-electron chi connectivity index (χ4n) is 2.85. The van der Waals surface area contributed by atoms with Gasteiger partial charge in [0.1, 0.15) is 5.52 Å². The van der Waals surface area contributed by atoms with Crippen molar-refractivity contribution < 1.29 is 0 Å². The van der Waals surface area contributed by atoms with E-state index in [2.05, 4.69) is 31.4 Å². The SMILES string of the molecule is C=CCNc1nc(Cl)nc2ncn(C3CCCCC3)c12. The number of nitrogens with one attached hydrogen (secondary N) is 1. The molecule has 0 atom stereocenters. The number of anilines is 1. The van der Waals surface area contributed by atoms with Gasteiger partial charge in [0.25, 0.3) is 0 Å². The maximum atomic E-state index is 5.96. The van der Waals surface area contributed by atoms with Gasteiger partial charge in [0.05, 0.1) is 6.33 Å². The molecule has 6 heteroatoms. The number of fused-ring (bicyclic) bond motifs is 1. The lowest BCUT2D eigenvalue weighted by Crippen LogP contribution is -2.13. The third kappa shape index (κ3) is 2.50. The quantitative estimate of drug-likeness (QED) is 0.691. The largest absolute Gasteiger partial charge is 0.365 e. The number of aromatic nitrogens is 4. The summed E-state index contributed by atoms with van der Waals surface area (Å²) in [5.74, 6) is 0.739. The number of nitrogens with zero attached hydrogens (tertiary/aromatic N) is 4. The molecule has 1 N–H and O–H groups in total. The van der Waals surface area contributed by atoms with E-state index in [1.165, 1.54) is 32.1 Å². The Bertz CT molecular complexity index is 615. The van der Waals surface area contributed by atoms with Crippen LogP contribution in [0, 0.1) is 0 Å². The normalized spacial score (nSPS) is 16.4. The molecule has 1 aliphatic carbocycles. The second-order valence-electron chi connectivity index (χ2n) is 5.13. The van der Waals surface area contributed by atoms with Crippen molar-refractivity contribution in [1.29, 1.82) is 0 Å². The van der Waals surface area contributed by atoms with Crippen LogP contribution in [0.1, 0.15) is 38.1 Å². The first-order valence-corrected chi connectivity index (χ1v) is 7.42. The number of imidazole rings is 1. The van der Waals surface area contributed by atoms with Crippen molar-refractivity contribution in [2.75, 3.05) is 11.9 Å². The first kappa shape index (κ1) is 13.4. The van der Waals surface area contributed by atoms with Crippen molar-refractivity contribution in [3.05, 3.63) is 24.3 Å². The van der Waals surface area contributed by atoms with Gasteiger partial charge in [-0.2, -0.15) is 9.97 Å². The highest BCUT2D eigenvalue weighted by molar-refractivity contribution is 6.28. The summed E-state index contributed by atoms with van der Waals surface area (Å²) in [6, 6.07) is 0.489. The molecule has 1 saturated carbocycles. The molecule has 0 bridgehead atoms. The molecule has 2 aromatic heterocycles. The minimum atomic E-state index is 0.220. The van der Waals surface area contributed by atoms with Gasteiger partial charge in [0.15, 0.2) is 11.5 Å². The molecule has 0 aromatic carbocycles. The zero-order valence-electron chi connectivity index (χ0n) is 11.3. The summed E-state index contributed by atoms with van der Waals surface area (Å²) in [7, 11) is 0. The molecule has 2 heterocycles. The topological polar surface area (TPSA) is 55.6 Å². The highest BCUT2D eigenvalue weighted by Gasteiger charge is 2.20. The molecule has 5 nitrogen and oxygen atoms in total. The lowest BCUT2D eigenvalue weighted by atomic mass is 9.95. The second-order valence-corrected chi connectivity index (χ2v) is 5.46. The van der Waals surface area contributed by atoms with Crippen LogP contribution in [0.15, 0.2) is 19.0 Å². The molecule has 0 aliphatic heterocycles. The number of hydrogen-bond acceptors (Lipinski definition) is 4. The summed E-state index contributed by atoms with van der Waals surface area (Å²) in [4.78, 5) is 12.9. The summed E-state index contributed by atoms with van der Waals surface area (Å²) >= 11 is 5.96. The highest BCUT2D eigenvalue weighted by Crippen LogP contribution is 2.32. The average Bonchev–Trinajstić information content (AvgIpc) is 2.89. The van der Waals surface area contributed by atoms with Crippen LogP contribution in [-0.4, -0.2) is 26.1 Å². The Hall–Kier alpha value is -1.62. The average molecular weight is 292 g/mol. The molecule has 106 valence electrons. The van der Waals surface area contributed by atoms with Crippen LogP contribution >= 0.6 is 11.6 Å². The Labute approximate surface area is 123 Å². The number of halogens is 1. The molecule has 0 saturated heterocycles. The Balaban J connectivity index is 2.05. The van der Waals surface area contributed by atoms with Gasteiger partial charge in [-0.1, -0.05) is 25.3 Å². The highest BCUT2D eigenvalue weighted by atomic mass is 35.5. The number of hydrogen-bond donors (Lipinski definition) is 1. The molecule has 0 spiro atoms. The summed E-state index contributed by atoms with van der Waals surface area (Å²) in [6.45, 7) is 4.35. The van der Waals surface area contributed by atoms with Crippen molar-refractivity contribution in [3.63, 3.8) is 0 Å². The third-order valence-electron chi connectivity index (χ3n) is 3.78. The van der Waals surface area contributed by atoms with E-state index in [4.69, 9.17) is 11.6 Å². The zero-order chi connectivity index (χ0) is 13.9. The van der Waals surface area contributed by atoms with E-state index < -0.39 is 0 Å². The van der Waals surface area contributed by atoms with Crippen molar-refractivity contribution in [3.8, 4) is 0 Å². The van der Waals surface area contributed by atoms with Crippen molar-refractivity contribution >= 4 is 28.6 Å². The van der Waals surface area contributed by atoms with Gasteiger partial charge in [0, 0.05) is 12.6 Å². The predicted molar refractivity (Wildman–Crippen MR) is 81.1 cm³/mol. The molecule has 20 heavy (non-hydrogen) atoms. The summed E-state index contributed by atoms with van der Waals surface area (Å²) < 4.78 is 2.20. The summed E-state index contributed by atoms with van der Waals surface area (Å²) in [5.41, 5.74) is 1.60. The molecular weight excluding hydrogens is 274 g/mol. The van der Waals surface area contributed by atoms with E-state index in [0.29, 0.717) is 18.2 Å². The van der Waals surface area contributed by atoms with Crippen LogP contribution in [-0.2, 0) is 0 Å². The van der Waals surface area contributed by atoms with E-state index in [1.807, 2.05) is 6.33 Å². The van der Waals surface area contributed by atoms with E-state index in [9.17, 15) is 0 Å². The minimum Gasteiger partial charge on any atom is -0.365 e. The van der Waals surface area contributed by atoms with Crippen LogP contribution < -0.4 is 5.32 Å². The molecule has 0 unspecified atom stereocenters. The van der Waals surface area contributed by atoms with Gasteiger partial charge < -0.3 is 9.88 Å². The standard InChI is InChI=1S/C14H18ClN5/c1-2-8-16-12-11-13(19-14(15)18-12)17-9-20(11)10-6-4-3-5-7-10/h2,9-10H,1,3-8H2,(H,16,18,19). The summed E-state index contributed by atoms with van der Waals surface area (Å²) in [6.07, 6.45) is 9.91. The smallest absolute Gasteiger partial charge is 0.226 e. The first-order valence-electron chi connectivity index (χ1n) is 7.04. The molecule has 1 aliphatic rings. The van der Waals surface area contributed by atoms with E-state index in [0.717, 1.165) is 11.3 Å². The fourth-order valence-corrected chi connectivity index (χ4v) is 3.01. The minimum absolute atomic E-state index is 0.220. The van der Waals surface area contributed by atoms with Crippen LogP contribution in [0.25, 0.3) is 11.2 Å². The van der Waals surface area contributed by atoms with Crippen LogP contribution in [0.4, 0.5) is 5.82 Å². The van der Waals surface area contributed by atoms with Gasteiger partial charge in [-0.3, -0.25) is 0 Å². The van der Waals surface area contributed by atoms with E-state index in [-0.39, 0.29) is 5.28 Å². The van der Waals surface area contributed by atoms with Crippen LogP contribution in [0.3, 0.4) is 0 Å². The Morgan fingerprint density at radius 1 is 1.35 bits per heavy atom. The second kappa shape index (κ2) is 5.79. The molecule has 2 aromatic rings. The van der Waals surface area contributed by atoms with Crippen LogP contribution in [0.2, 0.25) is 5.28 Å². The van der Waals surface area contributed by atoms with Crippen molar-refractivity contribution in [2.24, 2.45) is 0 Å². The Morgan fingerprint density at radius 2 is 2.15 bits per heavy atom. The van der Waals surface area contributed by atoms with Crippen molar-refractivity contribution in [1.82, 2.24) is 19.5 Å². The van der Waals surface area contributed by atoms with Crippen LogP contribution in [0.5, 0.6) is 0 Å². The van der Waals surface area contributed by atoms with E-state index >= 15 is 0 Å². The molecule has 0 radical (unpaired) electrons. The summed E-state index contributed by atoms with van der Waals surface area (Å²) in [5, 5.41) is 3.45. The van der Waals surface area contributed by atoms with Gasteiger partial charge in [-0.05, 0) is 24.4 Å². The van der Waals surface area contributed by atoms with Gasteiger partial charge in [-0.15, -0.1) is 6.58 Å². The fraction of sp³-hybridized carbons (Fsp3) is 0.500. The first-order chi connectivity index (χ1) is 9.79. The maximum Gasteiger partial charge on any atom is 0.226 e. The van der Waals surface area contributed by atoms with Gasteiger partial charge in [0.2, 0.25) is 5.28 Å². The molecule has 3 rings (SSSR count). The monoisotopic (exact) mass is 291 g/mol. The lowest BCUT2D eigenvalue weighted by Gasteiger charge is -2.24. The molecule has 1 fully saturated rings. The Morgan fingerprint density at radius 3 is 2.90 bits per heavy atom. The molecular formula is C14H18ClN5. The van der Waals surface area contributed by atoms with Crippen molar-refractivity contribution in [2.45, 2.75) is 38.1 Å². The van der Waals surface area contributed by atoms with Gasteiger partial charge in [-0.25, -0.2) is 4.98 Å². The maximum absolute atomic E-state index is 5.96. The Kier molecular flexibility index (Phi) is 3.87. The van der Waals surface area contributed by atoms with E-state index in [1.54, 1.807) is 6.08 Å². The third-order valence-corrected chi connectivity index (χ3v) is 3.95. The lowest BCUT2D eigenvalue weighted by molar-refractivity contribution is 0.359. The predicted octanol–water partition coefficient (Wildman–Crippen LogP) is 3.58.